The molecule has 11 heavy (non-hydrogen) atoms. The fourth-order valence-corrected chi connectivity index (χ4v) is 0.790. The second kappa shape index (κ2) is 3.01. The van der Waals surface area contributed by atoms with E-state index in [4.69, 9.17) is 5.73 Å². The van der Waals surface area contributed by atoms with Gasteiger partial charge in [-0.25, -0.2) is 4.79 Å². The lowest BCUT2D eigenvalue weighted by Gasteiger charge is -1.93. The molecule has 1 aromatic heterocycles. The second-order valence-electron chi connectivity index (χ2n) is 2.26. The molecule has 0 radical (unpaired) electrons. The van der Waals surface area contributed by atoms with E-state index < -0.39 is 6.03 Å². The predicted molar refractivity (Wildman–Crippen MR) is 40.3 cm³/mol. The molecule has 0 aliphatic carbocycles. The van der Waals surface area contributed by atoms with E-state index in [0.29, 0.717) is 0 Å². The van der Waals surface area contributed by atoms with Gasteiger partial charge in [0.1, 0.15) is 0 Å². The van der Waals surface area contributed by atoms with Gasteiger partial charge < -0.3 is 5.73 Å². The standard InChI is InChI=1S/C7H9N3O/c1-6-3-2-4-10(5-6)9-7(8)11/h2-5H,1H3,(H2-,8,9,11)/p+1. The van der Waals surface area contributed by atoms with Gasteiger partial charge in [-0.2, -0.15) is 0 Å². The minimum atomic E-state index is -0.569. The molecular formula is C7H10N3O+. The zero-order valence-electron chi connectivity index (χ0n) is 6.24. The summed E-state index contributed by atoms with van der Waals surface area (Å²) in [5.41, 5.74) is 8.36. The number of nitrogens with one attached hydrogen (secondary N) is 1. The lowest BCUT2D eigenvalue weighted by atomic mass is 10.3. The summed E-state index contributed by atoms with van der Waals surface area (Å²) in [7, 11) is 0. The minimum absolute atomic E-state index is 0.569. The van der Waals surface area contributed by atoms with Gasteiger partial charge in [0, 0.05) is 11.6 Å². The molecule has 0 saturated heterocycles. The number of nitrogens with zero attached hydrogens (tertiary/aromatic N) is 1. The van der Waals surface area contributed by atoms with E-state index in [1.807, 2.05) is 19.1 Å². The van der Waals surface area contributed by atoms with E-state index in [2.05, 4.69) is 5.43 Å². The maximum atomic E-state index is 10.4. The Kier molecular flexibility index (Phi) is 2.06. The van der Waals surface area contributed by atoms with E-state index in [0.717, 1.165) is 5.56 Å². The Balaban J connectivity index is 2.79. The van der Waals surface area contributed by atoms with Gasteiger partial charge in [-0.15, -0.1) is 5.43 Å². The number of carbonyl (C=O) groups is 1. The van der Waals surface area contributed by atoms with E-state index >= 15 is 0 Å². The largest absolute Gasteiger partial charge is 0.365 e. The Morgan fingerprint density at radius 1 is 1.73 bits per heavy atom. The number of hydrogen-bond donors (Lipinski definition) is 2. The average Bonchev–Trinajstić information content (AvgIpc) is 1.85. The van der Waals surface area contributed by atoms with Crippen molar-refractivity contribution >= 4 is 6.03 Å². The van der Waals surface area contributed by atoms with Crippen LogP contribution in [0.2, 0.25) is 0 Å². The molecule has 4 heteroatoms. The summed E-state index contributed by atoms with van der Waals surface area (Å²) in [6, 6.07) is 3.19. The molecule has 1 aromatic rings. The highest BCUT2D eigenvalue weighted by atomic mass is 16.2. The van der Waals surface area contributed by atoms with Gasteiger partial charge in [-0.3, -0.25) is 0 Å². The third kappa shape index (κ3) is 2.25. The van der Waals surface area contributed by atoms with Crippen molar-refractivity contribution in [2.24, 2.45) is 5.73 Å². The van der Waals surface area contributed by atoms with Crippen LogP contribution in [0.4, 0.5) is 4.79 Å². The molecule has 0 unspecified atom stereocenters. The van der Waals surface area contributed by atoms with Crippen molar-refractivity contribution in [2.75, 3.05) is 5.43 Å². The summed E-state index contributed by atoms with van der Waals surface area (Å²) >= 11 is 0. The molecule has 1 rings (SSSR count). The van der Waals surface area contributed by atoms with Crippen molar-refractivity contribution < 1.29 is 9.47 Å². The van der Waals surface area contributed by atoms with Crippen molar-refractivity contribution in [3.8, 4) is 0 Å². The molecule has 1 heterocycles. The third-order valence-corrected chi connectivity index (χ3v) is 1.19. The second-order valence-corrected chi connectivity index (χ2v) is 2.26. The molecule has 0 aromatic carbocycles. The Bertz CT molecular complexity index is 272. The van der Waals surface area contributed by atoms with Crippen LogP contribution in [-0.4, -0.2) is 6.03 Å². The van der Waals surface area contributed by atoms with Crippen molar-refractivity contribution in [3.63, 3.8) is 0 Å². The van der Waals surface area contributed by atoms with Gasteiger partial charge in [0.25, 0.3) is 0 Å². The molecule has 0 fully saturated rings. The first-order valence-corrected chi connectivity index (χ1v) is 3.23. The van der Waals surface area contributed by atoms with Crippen LogP contribution >= 0.6 is 0 Å². The van der Waals surface area contributed by atoms with Gasteiger partial charge in [0.2, 0.25) is 6.20 Å². The molecular weight excluding hydrogens is 142 g/mol. The van der Waals surface area contributed by atoms with E-state index in [1.54, 1.807) is 12.4 Å². The molecule has 0 spiro atoms. The number of nitrogens with two attached hydrogens (primary N) is 1. The van der Waals surface area contributed by atoms with Crippen molar-refractivity contribution in [1.82, 2.24) is 0 Å². The fraction of sp³-hybridized carbons (Fsp3) is 0.143. The molecule has 2 amide bonds. The van der Waals surface area contributed by atoms with Gasteiger partial charge in [-0.1, -0.05) is 4.68 Å². The molecule has 0 aliphatic heterocycles. The highest BCUT2D eigenvalue weighted by molar-refractivity contribution is 5.77. The third-order valence-electron chi connectivity index (χ3n) is 1.19. The predicted octanol–water partition coefficient (Wildman–Crippen LogP) is -0.0953. The Hall–Kier alpha value is -1.58. The van der Waals surface area contributed by atoms with Crippen molar-refractivity contribution in [3.05, 3.63) is 30.1 Å². The number of aromatic nitrogens is 1. The van der Waals surface area contributed by atoms with Crippen molar-refractivity contribution in [2.45, 2.75) is 6.92 Å². The zero-order valence-corrected chi connectivity index (χ0v) is 6.24. The number of urea groups is 1. The molecule has 4 nitrogen and oxygen atoms in total. The van der Waals surface area contributed by atoms with Crippen LogP contribution in [-0.2, 0) is 0 Å². The topological polar surface area (TPSA) is 59.0 Å². The van der Waals surface area contributed by atoms with E-state index in [9.17, 15) is 4.79 Å². The first-order chi connectivity index (χ1) is 5.18. The molecule has 0 saturated carbocycles. The Morgan fingerprint density at radius 3 is 3.00 bits per heavy atom. The summed E-state index contributed by atoms with van der Waals surface area (Å²) in [6.07, 6.45) is 3.47. The van der Waals surface area contributed by atoms with E-state index in [-0.39, 0.29) is 0 Å². The number of carbonyl (C=O) groups excluding carboxylic acids is 1. The zero-order chi connectivity index (χ0) is 8.27. The number of hydrogen-bond acceptors (Lipinski definition) is 1. The number of pyridine rings is 1. The summed E-state index contributed by atoms with van der Waals surface area (Å²) in [5.74, 6) is 0. The maximum absolute atomic E-state index is 10.4. The van der Waals surface area contributed by atoms with Gasteiger partial charge in [0.15, 0.2) is 6.20 Å². The summed E-state index contributed by atoms with van der Waals surface area (Å²) < 4.78 is 1.51. The smallest absolute Gasteiger partial charge is 0.347 e. The number of rotatable bonds is 1. The van der Waals surface area contributed by atoms with Crippen LogP contribution < -0.4 is 15.8 Å². The van der Waals surface area contributed by atoms with Gasteiger partial charge in [-0.05, 0) is 13.0 Å². The minimum Gasteiger partial charge on any atom is -0.347 e. The van der Waals surface area contributed by atoms with E-state index in [1.165, 1.54) is 4.68 Å². The van der Waals surface area contributed by atoms with Crippen molar-refractivity contribution in [1.29, 1.82) is 0 Å². The average molecular weight is 152 g/mol. The first kappa shape index (κ1) is 7.53. The summed E-state index contributed by atoms with van der Waals surface area (Å²) in [5, 5.41) is 0. The maximum Gasteiger partial charge on any atom is 0.365 e. The Morgan fingerprint density at radius 2 is 2.45 bits per heavy atom. The highest BCUT2D eigenvalue weighted by Crippen LogP contribution is 1.87. The van der Waals surface area contributed by atoms with Crippen LogP contribution in [0.5, 0.6) is 0 Å². The summed E-state index contributed by atoms with van der Waals surface area (Å²) in [4.78, 5) is 10.4. The molecule has 0 aliphatic rings. The molecule has 58 valence electrons. The molecule has 0 atom stereocenters. The van der Waals surface area contributed by atoms with Crippen LogP contribution in [0.3, 0.4) is 0 Å². The first-order valence-electron chi connectivity index (χ1n) is 3.23. The van der Waals surface area contributed by atoms with Crippen LogP contribution in [0, 0.1) is 6.92 Å². The summed E-state index contributed by atoms with van der Waals surface area (Å²) in [6.45, 7) is 1.93. The highest BCUT2D eigenvalue weighted by Gasteiger charge is 2.00. The monoisotopic (exact) mass is 152 g/mol. The number of amides is 2. The lowest BCUT2D eigenvalue weighted by Crippen LogP contribution is -2.50. The number of primary amides is 1. The normalized spacial score (nSPS) is 9.18. The SMILES string of the molecule is Cc1ccc[n+](NC(N)=O)c1. The van der Waals surface area contributed by atoms with Gasteiger partial charge in [0.05, 0.1) is 0 Å². The fourth-order valence-electron chi connectivity index (χ4n) is 0.790. The van der Waals surface area contributed by atoms with Gasteiger partial charge >= 0.3 is 6.03 Å². The lowest BCUT2D eigenvalue weighted by molar-refractivity contribution is -0.641. The van der Waals surface area contributed by atoms with Crippen LogP contribution in [0.15, 0.2) is 24.5 Å². The quantitative estimate of drug-likeness (QED) is 0.542. The number of aryl methyl sites for hydroxylation is 1. The molecule has 3 N–H and O–H groups in total. The molecule has 0 bridgehead atoms. The van der Waals surface area contributed by atoms with Crippen LogP contribution in [0.1, 0.15) is 5.56 Å². The van der Waals surface area contributed by atoms with Crippen LogP contribution in [0.25, 0.3) is 0 Å². The Labute approximate surface area is 64.6 Å².